The van der Waals surface area contributed by atoms with E-state index in [2.05, 4.69) is 0 Å². The van der Waals surface area contributed by atoms with Crippen molar-refractivity contribution in [2.45, 2.75) is 0 Å². The topological polar surface area (TPSA) is 65.8 Å². The molecule has 2 N–H and O–H groups in total. The summed E-state index contributed by atoms with van der Waals surface area (Å²) in [6.07, 6.45) is 0. The third-order valence-electron chi connectivity index (χ3n) is 3.81. The van der Waals surface area contributed by atoms with Crippen LogP contribution in [0.2, 0.25) is 0 Å². The Labute approximate surface area is 134 Å². The molecule has 0 aliphatic carbocycles. The van der Waals surface area contributed by atoms with Crippen molar-refractivity contribution in [2.75, 3.05) is 25.7 Å². The first-order valence-corrected chi connectivity index (χ1v) is 7.21. The summed E-state index contributed by atoms with van der Waals surface area (Å²) in [6, 6.07) is 14.9. The zero-order valence-corrected chi connectivity index (χ0v) is 13.0. The van der Waals surface area contributed by atoms with Gasteiger partial charge in [-0.3, -0.25) is 5.41 Å². The highest BCUT2D eigenvalue weighted by Crippen LogP contribution is 2.34. The second-order valence-corrected chi connectivity index (χ2v) is 5.19. The van der Waals surface area contributed by atoms with E-state index >= 15 is 0 Å². The summed E-state index contributed by atoms with van der Waals surface area (Å²) < 4.78 is 10.6. The molecule has 1 aliphatic heterocycles. The highest BCUT2D eigenvalue weighted by Gasteiger charge is 2.29. The van der Waals surface area contributed by atoms with Crippen molar-refractivity contribution in [2.24, 2.45) is 0 Å². The highest BCUT2D eigenvalue weighted by atomic mass is 16.5. The van der Waals surface area contributed by atoms with Crippen molar-refractivity contribution in [3.8, 4) is 11.5 Å². The van der Waals surface area contributed by atoms with Gasteiger partial charge in [-0.1, -0.05) is 30.3 Å². The Balaban J connectivity index is 1.97. The minimum atomic E-state index is 0.183. The quantitative estimate of drug-likeness (QED) is 0.907. The van der Waals surface area contributed by atoms with Crippen LogP contribution in [0.5, 0.6) is 11.5 Å². The number of aliphatic hydroxyl groups excluding tert-OH is 1. The second-order valence-electron chi connectivity index (χ2n) is 5.19. The van der Waals surface area contributed by atoms with Crippen LogP contribution in [0.15, 0.2) is 54.3 Å². The number of benzene rings is 2. The normalized spacial score (nSPS) is 14.3. The monoisotopic (exact) mass is 310 g/mol. The largest absolute Gasteiger partial charge is 0.510 e. The molecule has 0 atom stereocenters. The van der Waals surface area contributed by atoms with Gasteiger partial charge in [-0.25, -0.2) is 0 Å². The average molecular weight is 310 g/mol. The van der Waals surface area contributed by atoms with Crippen LogP contribution in [-0.4, -0.2) is 31.7 Å². The molecule has 2 aromatic carbocycles. The molecule has 1 heterocycles. The first-order valence-electron chi connectivity index (χ1n) is 7.21. The van der Waals surface area contributed by atoms with E-state index in [9.17, 15) is 5.11 Å². The summed E-state index contributed by atoms with van der Waals surface area (Å²) in [6.45, 7) is 0.249. The molecule has 0 saturated carbocycles. The predicted molar refractivity (Wildman–Crippen MR) is 90.6 cm³/mol. The number of methoxy groups -OCH3 is 2. The van der Waals surface area contributed by atoms with Gasteiger partial charge in [0.05, 0.1) is 32.0 Å². The van der Waals surface area contributed by atoms with Gasteiger partial charge in [-0.2, -0.15) is 0 Å². The van der Waals surface area contributed by atoms with Gasteiger partial charge in [0.25, 0.3) is 0 Å². The minimum Gasteiger partial charge on any atom is -0.510 e. The van der Waals surface area contributed by atoms with E-state index in [0.717, 1.165) is 11.3 Å². The Morgan fingerprint density at radius 3 is 2.17 bits per heavy atom. The van der Waals surface area contributed by atoms with Crippen molar-refractivity contribution < 1.29 is 14.6 Å². The molecular weight excluding hydrogens is 292 g/mol. The summed E-state index contributed by atoms with van der Waals surface area (Å²) in [7, 11) is 3.16. The molecule has 0 spiro atoms. The smallest absolute Gasteiger partial charge is 0.137 e. The lowest BCUT2D eigenvalue weighted by Gasteiger charge is -2.20. The first-order chi connectivity index (χ1) is 11.1. The second kappa shape index (κ2) is 6.04. The van der Waals surface area contributed by atoms with Crippen LogP contribution < -0.4 is 14.4 Å². The number of ether oxygens (including phenoxy) is 2. The maximum Gasteiger partial charge on any atom is 0.137 e. The summed E-state index contributed by atoms with van der Waals surface area (Å²) in [5.74, 6) is 1.71. The SMILES string of the molecule is COc1cc(OC)cc(N2CC(O)=C(c3ccccc3)C2=N)c1. The van der Waals surface area contributed by atoms with Gasteiger partial charge in [0.15, 0.2) is 0 Å². The van der Waals surface area contributed by atoms with Gasteiger partial charge in [-0.05, 0) is 5.56 Å². The number of amidine groups is 1. The Hall–Kier alpha value is -2.95. The van der Waals surface area contributed by atoms with Crippen molar-refractivity contribution >= 4 is 17.1 Å². The van der Waals surface area contributed by atoms with Crippen LogP contribution in [0.3, 0.4) is 0 Å². The van der Waals surface area contributed by atoms with E-state index in [0.29, 0.717) is 17.1 Å². The highest BCUT2D eigenvalue weighted by molar-refractivity contribution is 6.30. The van der Waals surface area contributed by atoms with E-state index in [1.54, 1.807) is 25.2 Å². The van der Waals surface area contributed by atoms with Crippen molar-refractivity contribution in [3.63, 3.8) is 0 Å². The van der Waals surface area contributed by atoms with Crippen molar-refractivity contribution in [3.05, 3.63) is 59.9 Å². The third kappa shape index (κ3) is 2.73. The van der Waals surface area contributed by atoms with Crippen LogP contribution in [0.25, 0.3) is 5.57 Å². The summed E-state index contributed by atoms with van der Waals surface area (Å²) in [5, 5.41) is 18.8. The van der Waals surface area contributed by atoms with Crippen molar-refractivity contribution in [1.82, 2.24) is 0 Å². The molecule has 118 valence electrons. The molecule has 0 radical (unpaired) electrons. The molecule has 3 rings (SSSR count). The number of hydrogen-bond acceptors (Lipinski definition) is 4. The number of aliphatic hydroxyl groups is 1. The maximum atomic E-state index is 10.3. The molecular formula is C18H18N2O3. The fourth-order valence-electron chi connectivity index (χ4n) is 2.66. The van der Waals surface area contributed by atoms with Gasteiger partial charge in [0, 0.05) is 18.2 Å². The van der Waals surface area contributed by atoms with Crippen LogP contribution in [0, 0.1) is 5.41 Å². The standard InChI is InChI=1S/C18H18N2O3/c1-22-14-8-13(9-15(10-14)23-2)20-11-16(21)17(18(20)19)12-6-4-3-5-7-12/h3-10,19,21H,11H2,1-2H3. The van der Waals surface area contributed by atoms with Gasteiger partial charge in [0.1, 0.15) is 23.1 Å². The van der Waals surface area contributed by atoms with E-state index in [4.69, 9.17) is 14.9 Å². The number of nitrogens with one attached hydrogen (secondary N) is 1. The zero-order valence-electron chi connectivity index (χ0n) is 13.0. The Bertz CT molecular complexity index is 747. The summed E-state index contributed by atoms with van der Waals surface area (Å²) in [5.41, 5.74) is 2.11. The Morgan fingerprint density at radius 2 is 1.61 bits per heavy atom. The molecule has 0 bridgehead atoms. The fourth-order valence-corrected chi connectivity index (χ4v) is 2.66. The van der Waals surface area contributed by atoms with Crippen LogP contribution in [0.4, 0.5) is 5.69 Å². The lowest BCUT2D eigenvalue weighted by Crippen LogP contribution is -2.26. The predicted octanol–water partition coefficient (Wildman–Crippen LogP) is 3.47. The van der Waals surface area contributed by atoms with Gasteiger partial charge >= 0.3 is 0 Å². The molecule has 0 aromatic heterocycles. The van der Waals surface area contributed by atoms with Gasteiger partial charge < -0.3 is 19.5 Å². The lowest BCUT2D eigenvalue weighted by molar-refractivity contribution is 0.394. The molecule has 1 aliphatic rings. The number of nitrogens with zero attached hydrogens (tertiary/aromatic N) is 1. The molecule has 23 heavy (non-hydrogen) atoms. The summed E-state index contributed by atoms with van der Waals surface area (Å²) in [4.78, 5) is 1.72. The van der Waals surface area contributed by atoms with Crippen LogP contribution in [0.1, 0.15) is 5.56 Å². The van der Waals surface area contributed by atoms with Crippen molar-refractivity contribution in [1.29, 1.82) is 5.41 Å². The molecule has 5 heteroatoms. The average Bonchev–Trinajstić information content (AvgIpc) is 2.89. The van der Waals surface area contributed by atoms with E-state index in [-0.39, 0.29) is 18.1 Å². The number of hydrogen-bond donors (Lipinski definition) is 2. The van der Waals surface area contributed by atoms with Gasteiger partial charge in [0.2, 0.25) is 0 Å². The molecule has 5 nitrogen and oxygen atoms in total. The molecule has 0 saturated heterocycles. The molecule has 0 amide bonds. The molecule has 2 aromatic rings. The summed E-state index contributed by atoms with van der Waals surface area (Å²) >= 11 is 0. The third-order valence-corrected chi connectivity index (χ3v) is 3.81. The number of rotatable bonds is 4. The first kappa shape index (κ1) is 15.0. The molecule has 0 fully saturated rings. The fraction of sp³-hybridized carbons (Fsp3) is 0.167. The van der Waals surface area contributed by atoms with Crippen LogP contribution >= 0.6 is 0 Å². The lowest BCUT2D eigenvalue weighted by atomic mass is 10.1. The zero-order chi connectivity index (χ0) is 16.4. The van der Waals surface area contributed by atoms with Gasteiger partial charge in [-0.15, -0.1) is 0 Å². The van der Waals surface area contributed by atoms with E-state index in [1.165, 1.54) is 0 Å². The van der Waals surface area contributed by atoms with E-state index in [1.807, 2.05) is 42.5 Å². The molecule has 0 unspecified atom stereocenters. The minimum absolute atomic E-state index is 0.183. The number of anilines is 1. The Kier molecular flexibility index (Phi) is 3.93. The Morgan fingerprint density at radius 1 is 1.00 bits per heavy atom. The van der Waals surface area contributed by atoms with E-state index < -0.39 is 0 Å². The van der Waals surface area contributed by atoms with Crippen LogP contribution in [-0.2, 0) is 0 Å². The maximum absolute atomic E-state index is 10.3.